The molecule has 0 aromatic heterocycles. The molecule has 1 rings (SSSR count). The zero-order valence-electron chi connectivity index (χ0n) is 9.99. The highest BCUT2D eigenvalue weighted by Crippen LogP contribution is 2.31. The summed E-state index contributed by atoms with van der Waals surface area (Å²) in [5, 5.41) is 0. The van der Waals surface area contributed by atoms with E-state index in [4.69, 9.17) is 10.5 Å². The van der Waals surface area contributed by atoms with Crippen molar-refractivity contribution in [3.05, 3.63) is 0 Å². The highest BCUT2D eigenvalue weighted by atomic mass is 16.5. The SMILES string of the molecule is CC1CCC(OC(C)[C@H](C)N)CC1C. The number of hydrogen-bond acceptors (Lipinski definition) is 2. The molecule has 4 unspecified atom stereocenters. The molecule has 0 amide bonds. The molecule has 5 atom stereocenters. The predicted molar refractivity (Wildman–Crippen MR) is 60.2 cm³/mol. The highest BCUT2D eigenvalue weighted by Gasteiger charge is 2.26. The summed E-state index contributed by atoms with van der Waals surface area (Å²) in [6.45, 7) is 8.76. The molecule has 0 aliphatic heterocycles. The van der Waals surface area contributed by atoms with Crippen LogP contribution in [0.2, 0.25) is 0 Å². The molecule has 1 aliphatic rings. The Bertz CT molecular complexity index is 170. The van der Waals surface area contributed by atoms with E-state index in [2.05, 4.69) is 20.8 Å². The zero-order valence-corrected chi connectivity index (χ0v) is 9.99. The van der Waals surface area contributed by atoms with Gasteiger partial charge in [0.25, 0.3) is 0 Å². The zero-order chi connectivity index (χ0) is 10.7. The van der Waals surface area contributed by atoms with E-state index in [0.717, 1.165) is 11.8 Å². The molecule has 14 heavy (non-hydrogen) atoms. The first-order valence-corrected chi connectivity index (χ1v) is 5.91. The Morgan fingerprint density at radius 3 is 2.29 bits per heavy atom. The average molecular weight is 199 g/mol. The summed E-state index contributed by atoms with van der Waals surface area (Å²) < 4.78 is 5.95. The lowest BCUT2D eigenvalue weighted by molar-refractivity contribution is -0.0466. The van der Waals surface area contributed by atoms with E-state index in [-0.39, 0.29) is 12.1 Å². The Morgan fingerprint density at radius 2 is 1.79 bits per heavy atom. The fourth-order valence-corrected chi connectivity index (χ4v) is 2.05. The fourth-order valence-electron chi connectivity index (χ4n) is 2.05. The monoisotopic (exact) mass is 199 g/mol. The Morgan fingerprint density at radius 1 is 1.14 bits per heavy atom. The standard InChI is InChI=1S/C12H25NO/c1-8-5-6-12(7-9(8)2)14-11(4)10(3)13/h8-12H,5-7,13H2,1-4H3/t8?,9?,10-,11?,12?/m0/s1. The molecule has 0 spiro atoms. The van der Waals surface area contributed by atoms with Gasteiger partial charge in [-0.05, 0) is 44.9 Å². The van der Waals surface area contributed by atoms with Crippen LogP contribution in [0.1, 0.15) is 47.0 Å². The van der Waals surface area contributed by atoms with Gasteiger partial charge < -0.3 is 10.5 Å². The topological polar surface area (TPSA) is 35.2 Å². The Labute approximate surface area is 88.2 Å². The van der Waals surface area contributed by atoms with Gasteiger partial charge in [-0.25, -0.2) is 0 Å². The van der Waals surface area contributed by atoms with Crippen LogP contribution in [0, 0.1) is 11.8 Å². The molecule has 1 saturated carbocycles. The van der Waals surface area contributed by atoms with Crippen LogP contribution < -0.4 is 5.73 Å². The second kappa shape index (κ2) is 5.13. The molecule has 0 saturated heterocycles. The Kier molecular flexibility index (Phi) is 4.39. The van der Waals surface area contributed by atoms with E-state index in [1.165, 1.54) is 19.3 Å². The largest absolute Gasteiger partial charge is 0.374 e. The third-order valence-corrected chi connectivity index (χ3v) is 3.70. The maximum absolute atomic E-state index is 5.95. The van der Waals surface area contributed by atoms with Crippen molar-refractivity contribution in [2.24, 2.45) is 17.6 Å². The summed E-state index contributed by atoms with van der Waals surface area (Å²) in [4.78, 5) is 0. The average Bonchev–Trinajstić information content (AvgIpc) is 2.11. The fraction of sp³-hybridized carbons (Fsp3) is 1.00. The number of nitrogens with two attached hydrogens (primary N) is 1. The minimum Gasteiger partial charge on any atom is -0.374 e. The van der Waals surface area contributed by atoms with Crippen LogP contribution in [0.3, 0.4) is 0 Å². The Balaban J connectivity index is 2.33. The third kappa shape index (κ3) is 3.25. The van der Waals surface area contributed by atoms with Gasteiger partial charge in [-0.2, -0.15) is 0 Å². The van der Waals surface area contributed by atoms with E-state index in [9.17, 15) is 0 Å². The quantitative estimate of drug-likeness (QED) is 0.758. The number of rotatable bonds is 3. The number of hydrogen-bond donors (Lipinski definition) is 1. The molecule has 0 heterocycles. The first kappa shape index (κ1) is 12.0. The van der Waals surface area contributed by atoms with Crippen molar-refractivity contribution in [1.82, 2.24) is 0 Å². The van der Waals surface area contributed by atoms with Gasteiger partial charge in [0.15, 0.2) is 0 Å². The summed E-state index contributed by atoms with van der Waals surface area (Å²) >= 11 is 0. The molecule has 0 aromatic carbocycles. The first-order valence-electron chi connectivity index (χ1n) is 5.91. The highest BCUT2D eigenvalue weighted by molar-refractivity contribution is 4.77. The van der Waals surface area contributed by atoms with Gasteiger partial charge in [0, 0.05) is 6.04 Å². The lowest BCUT2D eigenvalue weighted by Gasteiger charge is -2.34. The van der Waals surface area contributed by atoms with Gasteiger partial charge in [0.2, 0.25) is 0 Å². The van der Waals surface area contributed by atoms with Crippen molar-refractivity contribution in [2.45, 2.75) is 65.2 Å². The molecule has 1 fully saturated rings. The molecule has 0 aromatic rings. The van der Waals surface area contributed by atoms with E-state index in [1.807, 2.05) is 6.92 Å². The predicted octanol–water partition coefficient (Wildman–Crippen LogP) is 2.56. The summed E-state index contributed by atoms with van der Waals surface area (Å²) in [7, 11) is 0. The minimum atomic E-state index is 0.143. The van der Waals surface area contributed by atoms with Gasteiger partial charge in [-0.3, -0.25) is 0 Å². The molecule has 2 nitrogen and oxygen atoms in total. The lowest BCUT2D eigenvalue weighted by Crippen LogP contribution is -2.37. The molecule has 2 N–H and O–H groups in total. The molecule has 1 aliphatic carbocycles. The summed E-state index contributed by atoms with van der Waals surface area (Å²) in [5.41, 5.74) is 5.79. The van der Waals surface area contributed by atoms with Crippen LogP contribution in [-0.2, 0) is 4.74 Å². The van der Waals surface area contributed by atoms with Gasteiger partial charge >= 0.3 is 0 Å². The van der Waals surface area contributed by atoms with Crippen molar-refractivity contribution in [1.29, 1.82) is 0 Å². The normalized spacial score (nSPS) is 37.9. The second-order valence-electron chi connectivity index (χ2n) is 5.09. The van der Waals surface area contributed by atoms with E-state index < -0.39 is 0 Å². The van der Waals surface area contributed by atoms with Crippen LogP contribution in [0.4, 0.5) is 0 Å². The van der Waals surface area contributed by atoms with Crippen molar-refractivity contribution < 1.29 is 4.74 Å². The third-order valence-electron chi connectivity index (χ3n) is 3.70. The van der Waals surface area contributed by atoms with Gasteiger partial charge in [0.1, 0.15) is 0 Å². The molecular weight excluding hydrogens is 174 g/mol. The van der Waals surface area contributed by atoms with Crippen LogP contribution >= 0.6 is 0 Å². The second-order valence-corrected chi connectivity index (χ2v) is 5.09. The summed E-state index contributed by atoms with van der Waals surface area (Å²) in [5.74, 6) is 1.66. The van der Waals surface area contributed by atoms with E-state index >= 15 is 0 Å². The van der Waals surface area contributed by atoms with Gasteiger partial charge in [0.05, 0.1) is 12.2 Å². The molecule has 0 bridgehead atoms. The first-order chi connectivity index (χ1) is 6.50. The van der Waals surface area contributed by atoms with Gasteiger partial charge in [-0.15, -0.1) is 0 Å². The van der Waals surface area contributed by atoms with Crippen molar-refractivity contribution in [3.63, 3.8) is 0 Å². The number of ether oxygens (including phenoxy) is 1. The Hall–Kier alpha value is -0.0800. The van der Waals surface area contributed by atoms with E-state index in [1.54, 1.807) is 0 Å². The maximum Gasteiger partial charge on any atom is 0.0698 e. The smallest absolute Gasteiger partial charge is 0.0698 e. The lowest BCUT2D eigenvalue weighted by atomic mass is 9.80. The molecule has 84 valence electrons. The van der Waals surface area contributed by atoms with Crippen molar-refractivity contribution >= 4 is 0 Å². The van der Waals surface area contributed by atoms with Crippen LogP contribution in [0.25, 0.3) is 0 Å². The van der Waals surface area contributed by atoms with Crippen molar-refractivity contribution in [2.75, 3.05) is 0 Å². The van der Waals surface area contributed by atoms with Crippen molar-refractivity contribution in [3.8, 4) is 0 Å². The van der Waals surface area contributed by atoms with Crippen LogP contribution in [0.5, 0.6) is 0 Å². The van der Waals surface area contributed by atoms with Gasteiger partial charge in [-0.1, -0.05) is 13.8 Å². The molecule has 2 heteroatoms. The molecule has 0 radical (unpaired) electrons. The maximum atomic E-state index is 5.95. The molecular formula is C12H25NO. The summed E-state index contributed by atoms with van der Waals surface area (Å²) in [6.07, 6.45) is 4.36. The van der Waals surface area contributed by atoms with Crippen LogP contribution in [-0.4, -0.2) is 18.2 Å². The van der Waals surface area contributed by atoms with E-state index in [0.29, 0.717) is 6.10 Å². The minimum absolute atomic E-state index is 0.143. The summed E-state index contributed by atoms with van der Waals surface area (Å²) in [6, 6.07) is 0.143. The van der Waals surface area contributed by atoms with Crippen LogP contribution in [0.15, 0.2) is 0 Å².